The molecule has 1 saturated heterocycles. The van der Waals surface area contributed by atoms with Crippen LogP contribution in [0.4, 0.5) is 11.5 Å². The summed E-state index contributed by atoms with van der Waals surface area (Å²) in [6.07, 6.45) is 2.67. The van der Waals surface area contributed by atoms with Crippen molar-refractivity contribution in [3.63, 3.8) is 0 Å². The summed E-state index contributed by atoms with van der Waals surface area (Å²) in [6, 6.07) is 16.4. The van der Waals surface area contributed by atoms with E-state index in [1.807, 2.05) is 30.5 Å². The van der Waals surface area contributed by atoms with Crippen molar-refractivity contribution in [1.82, 2.24) is 20.1 Å². The highest BCUT2D eigenvalue weighted by Gasteiger charge is 2.65. The molecular weight excluding hydrogens is 452 g/mol. The molecule has 182 valence electrons. The normalized spacial score (nSPS) is 23.2. The molecule has 1 aliphatic carbocycles. The van der Waals surface area contributed by atoms with Crippen LogP contribution in [0.25, 0.3) is 22.2 Å². The number of carbonyl (C=O) groups excluding carboxylic acids is 1. The first kappa shape index (κ1) is 21.4. The Kier molecular flexibility index (Phi) is 4.63. The van der Waals surface area contributed by atoms with Gasteiger partial charge in [0.1, 0.15) is 17.3 Å². The fraction of sp³-hybridized carbons (Fsp3) is 0.321. The zero-order chi connectivity index (χ0) is 24.4. The Morgan fingerprint density at radius 3 is 2.75 bits per heavy atom. The number of nitrogens with one attached hydrogen (secondary N) is 2. The van der Waals surface area contributed by atoms with Crippen molar-refractivity contribution >= 4 is 28.3 Å². The average molecular weight is 481 g/mol. The van der Waals surface area contributed by atoms with Crippen LogP contribution in [-0.2, 0) is 10.2 Å². The van der Waals surface area contributed by atoms with Gasteiger partial charge in [0.25, 0.3) is 0 Å². The Labute approximate surface area is 209 Å². The highest BCUT2D eigenvalue weighted by molar-refractivity contribution is 6.10. The smallest absolute Gasteiger partial charge is 0.235 e. The number of amides is 1. The van der Waals surface area contributed by atoms with Gasteiger partial charge in [0.15, 0.2) is 0 Å². The first-order valence-corrected chi connectivity index (χ1v) is 12.4. The summed E-state index contributed by atoms with van der Waals surface area (Å²) in [7, 11) is 3.81. The van der Waals surface area contributed by atoms with Crippen molar-refractivity contribution in [1.29, 1.82) is 0 Å². The lowest BCUT2D eigenvalue weighted by atomic mass is 9.91. The second-order valence-corrected chi connectivity index (χ2v) is 10.2. The van der Waals surface area contributed by atoms with Crippen LogP contribution in [0.5, 0.6) is 5.75 Å². The van der Waals surface area contributed by atoms with Gasteiger partial charge in [-0.1, -0.05) is 12.1 Å². The van der Waals surface area contributed by atoms with Crippen molar-refractivity contribution in [3.8, 4) is 17.0 Å². The van der Waals surface area contributed by atoms with E-state index in [-0.39, 0.29) is 11.8 Å². The molecule has 2 fully saturated rings. The Morgan fingerprint density at radius 1 is 1.06 bits per heavy atom. The highest BCUT2D eigenvalue weighted by Crippen LogP contribution is 2.65. The number of hydrogen-bond acceptors (Lipinski definition) is 6. The molecule has 0 radical (unpaired) electrons. The number of H-pyrrole nitrogens is 1. The predicted octanol–water partition coefficient (Wildman–Crippen LogP) is 3.76. The zero-order valence-corrected chi connectivity index (χ0v) is 20.4. The van der Waals surface area contributed by atoms with Crippen LogP contribution in [0.15, 0.2) is 54.7 Å². The van der Waals surface area contributed by atoms with Gasteiger partial charge in [-0.15, -0.1) is 0 Å². The topological polar surface area (TPSA) is 86.4 Å². The minimum Gasteiger partial charge on any atom is -0.497 e. The van der Waals surface area contributed by atoms with Gasteiger partial charge in [0, 0.05) is 54.9 Å². The quantitative estimate of drug-likeness (QED) is 0.463. The van der Waals surface area contributed by atoms with E-state index in [0.29, 0.717) is 0 Å². The fourth-order valence-electron chi connectivity index (χ4n) is 5.95. The largest absolute Gasteiger partial charge is 0.497 e. The van der Waals surface area contributed by atoms with Crippen LogP contribution in [0.2, 0.25) is 0 Å². The average Bonchev–Trinajstić information content (AvgIpc) is 3.43. The van der Waals surface area contributed by atoms with Gasteiger partial charge in [0.05, 0.1) is 18.0 Å². The number of ether oxygens (including phenoxy) is 1. The van der Waals surface area contributed by atoms with Crippen molar-refractivity contribution in [3.05, 3.63) is 65.9 Å². The number of rotatable bonds is 4. The van der Waals surface area contributed by atoms with Gasteiger partial charge in [-0.3, -0.25) is 9.89 Å². The second-order valence-electron chi connectivity index (χ2n) is 10.2. The van der Waals surface area contributed by atoms with Crippen molar-refractivity contribution in [2.24, 2.45) is 0 Å². The summed E-state index contributed by atoms with van der Waals surface area (Å²) in [4.78, 5) is 22.3. The number of benzene rings is 2. The molecule has 1 spiro atoms. The molecule has 2 aliphatic heterocycles. The first-order chi connectivity index (χ1) is 17.6. The number of pyridine rings is 1. The number of carbonyl (C=O) groups is 1. The van der Waals surface area contributed by atoms with Crippen LogP contribution in [0.3, 0.4) is 0 Å². The third-order valence-electron chi connectivity index (χ3n) is 8.16. The molecule has 1 saturated carbocycles. The molecule has 0 unspecified atom stereocenters. The number of nitrogens with zero attached hydrogens (tertiary/aromatic N) is 4. The number of piperazine rings is 1. The predicted molar refractivity (Wildman–Crippen MR) is 140 cm³/mol. The molecule has 2 aromatic carbocycles. The number of anilines is 2. The lowest BCUT2D eigenvalue weighted by molar-refractivity contribution is -0.118. The van der Waals surface area contributed by atoms with E-state index in [0.717, 1.165) is 83.1 Å². The van der Waals surface area contributed by atoms with Gasteiger partial charge < -0.3 is 19.9 Å². The van der Waals surface area contributed by atoms with Crippen molar-refractivity contribution in [2.45, 2.75) is 17.8 Å². The molecule has 36 heavy (non-hydrogen) atoms. The van der Waals surface area contributed by atoms with Gasteiger partial charge in [-0.25, -0.2) is 4.98 Å². The van der Waals surface area contributed by atoms with E-state index in [1.165, 1.54) is 0 Å². The zero-order valence-electron chi connectivity index (χ0n) is 20.4. The fourth-order valence-corrected chi connectivity index (χ4v) is 5.95. The van der Waals surface area contributed by atoms with Crippen LogP contribution in [-0.4, -0.2) is 66.3 Å². The van der Waals surface area contributed by atoms with Gasteiger partial charge in [0.2, 0.25) is 5.91 Å². The summed E-state index contributed by atoms with van der Waals surface area (Å²) in [6.45, 7) is 4.03. The number of aromatic nitrogens is 3. The maximum Gasteiger partial charge on any atom is 0.235 e. The van der Waals surface area contributed by atoms with Gasteiger partial charge in [-0.05, 0) is 61.0 Å². The monoisotopic (exact) mass is 480 g/mol. The molecule has 2 atom stereocenters. The van der Waals surface area contributed by atoms with E-state index < -0.39 is 5.41 Å². The third kappa shape index (κ3) is 3.14. The Hall–Kier alpha value is -3.91. The molecule has 8 nitrogen and oxygen atoms in total. The van der Waals surface area contributed by atoms with Gasteiger partial charge >= 0.3 is 0 Å². The minimum atomic E-state index is -0.511. The summed E-state index contributed by atoms with van der Waals surface area (Å²) in [5.41, 5.74) is 5.52. The van der Waals surface area contributed by atoms with Crippen LogP contribution >= 0.6 is 0 Å². The van der Waals surface area contributed by atoms with Crippen LogP contribution in [0, 0.1) is 0 Å². The number of likely N-dealkylation sites (N-methyl/N-ethyl adjacent to an activating group) is 1. The SMILES string of the molecule is COc1ccc2c(c1)[C@]1(C[C@H]1c1ccc3c(-c4ccnc(N5CCN(C)CC5)c4)n[nH]c3c1)C(=O)N2. The van der Waals surface area contributed by atoms with Crippen LogP contribution in [0.1, 0.15) is 23.5 Å². The number of fused-ring (bicyclic) bond motifs is 3. The maximum absolute atomic E-state index is 13.0. The van der Waals surface area contributed by atoms with E-state index in [2.05, 4.69) is 61.6 Å². The molecule has 3 aliphatic rings. The van der Waals surface area contributed by atoms with Crippen molar-refractivity contribution in [2.75, 3.05) is 50.6 Å². The molecule has 7 rings (SSSR count). The molecule has 4 aromatic rings. The molecular formula is C28H28N6O2. The van der Waals surface area contributed by atoms with E-state index in [1.54, 1.807) is 7.11 Å². The molecule has 0 bridgehead atoms. The first-order valence-electron chi connectivity index (χ1n) is 12.4. The Bertz CT molecular complexity index is 1510. The van der Waals surface area contributed by atoms with Crippen molar-refractivity contribution < 1.29 is 9.53 Å². The second kappa shape index (κ2) is 7.80. The molecule has 4 heterocycles. The third-order valence-corrected chi connectivity index (χ3v) is 8.16. The standard InChI is InChI=1S/C28H28N6O2/c1-33-9-11-34(12-10-33)25-14-18(7-8-29-25)26-20-5-3-17(13-24(20)31-32-26)22-16-28(22)21-15-19(36-2)4-6-23(21)30-27(28)35/h3-8,13-15,22H,9-12,16H2,1-2H3,(H,30,35)(H,31,32)/t22-,28-/m0/s1. The van der Waals surface area contributed by atoms with E-state index in [9.17, 15) is 4.79 Å². The Balaban J connectivity index is 1.20. The number of aromatic amines is 1. The molecule has 8 heteroatoms. The summed E-state index contributed by atoms with van der Waals surface area (Å²) >= 11 is 0. The number of hydrogen-bond donors (Lipinski definition) is 2. The highest BCUT2D eigenvalue weighted by atomic mass is 16.5. The summed E-state index contributed by atoms with van der Waals surface area (Å²) < 4.78 is 5.43. The lowest BCUT2D eigenvalue weighted by Gasteiger charge is -2.33. The summed E-state index contributed by atoms with van der Waals surface area (Å²) in [5.74, 6) is 1.98. The lowest BCUT2D eigenvalue weighted by Crippen LogP contribution is -2.44. The number of methoxy groups -OCH3 is 1. The van der Waals surface area contributed by atoms with E-state index >= 15 is 0 Å². The van der Waals surface area contributed by atoms with Gasteiger partial charge in [-0.2, -0.15) is 5.10 Å². The Morgan fingerprint density at radius 2 is 1.92 bits per heavy atom. The molecule has 1 amide bonds. The summed E-state index contributed by atoms with van der Waals surface area (Å²) in [5, 5.41) is 12.0. The molecule has 2 N–H and O–H groups in total. The maximum atomic E-state index is 13.0. The van der Waals surface area contributed by atoms with Crippen LogP contribution < -0.4 is 15.0 Å². The minimum absolute atomic E-state index is 0.0781. The van der Waals surface area contributed by atoms with E-state index in [4.69, 9.17) is 4.74 Å². The molecule has 2 aromatic heterocycles.